The average Bonchev–Trinajstić information content (AvgIpc) is 2.87. The van der Waals surface area contributed by atoms with E-state index in [2.05, 4.69) is 5.32 Å². The predicted molar refractivity (Wildman–Crippen MR) is 133 cm³/mol. The summed E-state index contributed by atoms with van der Waals surface area (Å²) in [7, 11) is -2.67. The second-order valence-corrected chi connectivity index (χ2v) is 9.57. The number of methoxy groups -OCH3 is 1. The fraction of sp³-hybridized carbons (Fsp3) is 0.154. The summed E-state index contributed by atoms with van der Waals surface area (Å²) >= 11 is 0. The van der Waals surface area contributed by atoms with Crippen LogP contribution in [0, 0.1) is 0 Å². The summed E-state index contributed by atoms with van der Waals surface area (Å²) in [6.45, 7) is 2.22. The van der Waals surface area contributed by atoms with Crippen LogP contribution in [-0.2, 0) is 21.2 Å². The number of nitrogens with one attached hydrogen (secondary N) is 1. The van der Waals surface area contributed by atoms with Crippen LogP contribution in [0.1, 0.15) is 6.92 Å². The lowest BCUT2D eigenvalue weighted by Gasteiger charge is -2.14. The van der Waals surface area contributed by atoms with Crippen molar-refractivity contribution in [3.8, 4) is 11.5 Å². The number of hydrogen-bond acceptors (Lipinski definition) is 6. The molecule has 0 spiro atoms. The fourth-order valence-electron chi connectivity index (χ4n) is 3.68. The molecule has 0 radical (unpaired) electrons. The van der Waals surface area contributed by atoms with Gasteiger partial charge in [0.05, 0.1) is 24.1 Å². The first-order chi connectivity index (χ1) is 16.8. The fourth-order valence-corrected chi connectivity index (χ4v) is 5.05. The van der Waals surface area contributed by atoms with Crippen LogP contribution in [0.2, 0.25) is 0 Å². The van der Waals surface area contributed by atoms with Crippen molar-refractivity contribution in [3.63, 3.8) is 0 Å². The molecule has 0 atom stereocenters. The van der Waals surface area contributed by atoms with E-state index < -0.39 is 20.2 Å². The summed E-state index contributed by atoms with van der Waals surface area (Å²) in [6.07, 6.45) is 1.22. The van der Waals surface area contributed by atoms with E-state index in [0.29, 0.717) is 29.3 Å². The number of pyridine rings is 1. The summed E-state index contributed by atoms with van der Waals surface area (Å²) in [5, 5.41) is 2.99. The first-order valence-electron chi connectivity index (χ1n) is 10.9. The minimum Gasteiger partial charge on any atom is -0.497 e. The number of aromatic nitrogens is 1. The van der Waals surface area contributed by atoms with E-state index in [0.717, 1.165) is 0 Å². The van der Waals surface area contributed by atoms with Crippen molar-refractivity contribution in [2.24, 2.45) is 0 Å². The number of benzene rings is 3. The number of fused-ring (bicyclic) bond motifs is 1. The highest BCUT2D eigenvalue weighted by molar-refractivity contribution is 7.91. The molecule has 0 aliphatic heterocycles. The van der Waals surface area contributed by atoms with Crippen LogP contribution >= 0.6 is 0 Å². The van der Waals surface area contributed by atoms with Gasteiger partial charge < -0.3 is 19.4 Å². The van der Waals surface area contributed by atoms with E-state index in [1.165, 1.54) is 42.1 Å². The molecule has 4 rings (SSSR count). The van der Waals surface area contributed by atoms with Gasteiger partial charge in [-0.05, 0) is 67.6 Å². The van der Waals surface area contributed by atoms with E-state index in [1.807, 2.05) is 6.92 Å². The summed E-state index contributed by atoms with van der Waals surface area (Å²) in [5.74, 6) is 0.798. The molecule has 35 heavy (non-hydrogen) atoms. The highest BCUT2D eigenvalue weighted by Gasteiger charge is 2.24. The molecular weight excluding hydrogens is 468 g/mol. The molecule has 3 aromatic carbocycles. The Balaban J connectivity index is 1.70. The molecule has 0 aliphatic rings. The van der Waals surface area contributed by atoms with Gasteiger partial charge in [-0.25, -0.2) is 8.42 Å². The number of anilines is 1. The van der Waals surface area contributed by atoms with E-state index in [4.69, 9.17) is 9.47 Å². The number of carbonyl (C=O) groups excluding carboxylic acids is 1. The molecule has 0 bridgehead atoms. The van der Waals surface area contributed by atoms with Gasteiger partial charge in [0, 0.05) is 17.3 Å². The maximum atomic E-state index is 13.3. The molecule has 0 saturated carbocycles. The van der Waals surface area contributed by atoms with Gasteiger partial charge in [-0.15, -0.1) is 0 Å². The van der Waals surface area contributed by atoms with Crippen molar-refractivity contribution in [2.75, 3.05) is 19.0 Å². The van der Waals surface area contributed by atoms with Gasteiger partial charge in [0.2, 0.25) is 21.2 Å². The van der Waals surface area contributed by atoms with Crippen LogP contribution in [-0.4, -0.2) is 32.6 Å². The van der Waals surface area contributed by atoms with Gasteiger partial charge in [-0.2, -0.15) is 0 Å². The molecule has 0 fully saturated rings. The summed E-state index contributed by atoms with van der Waals surface area (Å²) in [5.41, 5.74) is 0.391. The van der Waals surface area contributed by atoms with E-state index in [-0.39, 0.29) is 22.7 Å². The van der Waals surface area contributed by atoms with Crippen LogP contribution in [0.25, 0.3) is 10.9 Å². The Morgan fingerprint density at radius 1 is 0.943 bits per heavy atom. The highest BCUT2D eigenvalue weighted by Crippen LogP contribution is 2.23. The van der Waals surface area contributed by atoms with Gasteiger partial charge in [-0.1, -0.05) is 12.1 Å². The van der Waals surface area contributed by atoms with Crippen LogP contribution < -0.4 is 20.2 Å². The number of rotatable bonds is 8. The summed E-state index contributed by atoms with van der Waals surface area (Å²) < 4.78 is 38.7. The third-order valence-electron chi connectivity index (χ3n) is 5.38. The molecule has 4 aromatic rings. The number of sulfone groups is 1. The monoisotopic (exact) mass is 492 g/mol. The Hall–Kier alpha value is -4.11. The minimum absolute atomic E-state index is 0.0453. The van der Waals surface area contributed by atoms with Crippen LogP contribution in [0.15, 0.2) is 93.6 Å². The smallest absolute Gasteiger partial charge is 0.244 e. The first-order valence-corrected chi connectivity index (χ1v) is 12.4. The zero-order valence-corrected chi connectivity index (χ0v) is 20.0. The Morgan fingerprint density at radius 3 is 2.26 bits per heavy atom. The third kappa shape index (κ3) is 5.04. The van der Waals surface area contributed by atoms with Crippen molar-refractivity contribution in [2.45, 2.75) is 23.3 Å². The Bertz CT molecular complexity index is 1530. The van der Waals surface area contributed by atoms with Crippen molar-refractivity contribution >= 4 is 32.3 Å². The molecule has 1 heterocycles. The quantitative estimate of drug-likeness (QED) is 0.400. The number of hydrogen-bond donors (Lipinski definition) is 1. The van der Waals surface area contributed by atoms with Gasteiger partial charge >= 0.3 is 0 Å². The van der Waals surface area contributed by atoms with Crippen LogP contribution in [0.5, 0.6) is 11.5 Å². The zero-order valence-electron chi connectivity index (χ0n) is 19.2. The van der Waals surface area contributed by atoms with Gasteiger partial charge in [0.25, 0.3) is 0 Å². The maximum Gasteiger partial charge on any atom is 0.244 e. The molecule has 0 aliphatic carbocycles. The Kier molecular flexibility index (Phi) is 6.88. The molecule has 9 heteroatoms. The van der Waals surface area contributed by atoms with Gasteiger partial charge in [0.15, 0.2) is 0 Å². The minimum atomic E-state index is -4.15. The van der Waals surface area contributed by atoms with E-state index >= 15 is 0 Å². The first kappa shape index (κ1) is 24.0. The number of carbonyl (C=O) groups is 1. The van der Waals surface area contributed by atoms with Crippen molar-refractivity contribution in [1.82, 2.24) is 4.57 Å². The van der Waals surface area contributed by atoms with Crippen molar-refractivity contribution < 1.29 is 22.7 Å². The van der Waals surface area contributed by atoms with Crippen LogP contribution in [0.4, 0.5) is 5.69 Å². The topological polar surface area (TPSA) is 104 Å². The second kappa shape index (κ2) is 10.0. The average molecular weight is 493 g/mol. The standard InChI is InChI=1S/C26H24N2O6S/c1-3-34-20-10-8-18(9-11-20)27-25(29)17-28-16-24(26(30)22-6-4-5-7-23(22)28)35(31,32)21-14-12-19(33-2)13-15-21/h4-16H,3,17H2,1-2H3,(H,27,29). The number of ether oxygens (including phenoxy) is 2. The third-order valence-corrected chi connectivity index (χ3v) is 7.14. The Morgan fingerprint density at radius 2 is 1.60 bits per heavy atom. The lowest BCUT2D eigenvalue weighted by atomic mass is 10.2. The SMILES string of the molecule is CCOc1ccc(NC(=O)Cn2cc(S(=O)(=O)c3ccc(OC)cc3)c(=O)c3ccccc32)cc1. The van der Waals surface area contributed by atoms with Crippen LogP contribution in [0.3, 0.4) is 0 Å². The number of amides is 1. The molecule has 1 amide bonds. The lowest BCUT2D eigenvalue weighted by molar-refractivity contribution is -0.116. The van der Waals surface area contributed by atoms with Gasteiger partial charge in [0.1, 0.15) is 22.9 Å². The summed E-state index contributed by atoms with van der Waals surface area (Å²) in [6, 6.07) is 19.3. The summed E-state index contributed by atoms with van der Waals surface area (Å²) in [4.78, 5) is 25.5. The molecule has 1 N–H and O–H groups in total. The van der Waals surface area contributed by atoms with E-state index in [9.17, 15) is 18.0 Å². The van der Waals surface area contributed by atoms with E-state index in [1.54, 1.807) is 48.5 Å². The lowest BCUT2D eigenvalue weighted by Crippen LogP contribution is -2.23. The molecule has 8 nitrogen and oxygen atoms in total. The number of nitrogens with zero attached hydrogens (tertiary/aromatic N) is 1. The number of para-hydroxylation sites is 1. The Labute approximate surface area is 202 Å². The predicted octanol–water partition coefficient (Wildman–Crippen LogP) is 3.88. The van der Waals surface area contributed by atoms with Crippen molar-refractivity contribution in [3.05, 3.63) is 89.2 Å². The second-order valence-electron chi connectivity index (χ2n) is 7.65. The normalized spacial score (nSPS) is 11.3. The largest absolute Gasteiger partial charge is 0.497 e. The molecule has 180 valence electrons. The zero-order chi connectivity index (χ0) is 25.0. The highest BCUT2D eigenvalue weighted by atomic mass is 32.2. The molecule has 1 aromatic heterocycles. The molecular formula is C26H24N2O6S. The molecule has 0 unspecified atom stereocenters. The van der Waals surface area contributed by atoms with Gasteiger partial charge in [-0.3, -0.25) is 9.59 Å². The molecule has 0 saturated heterocycles. The maximum absolute atomic E-state index is 13.3. The van der Waals surface area contributed by atoms with Crippen molar-refractivity contribution in [1.29, 1.82) is 0 Å².